The summed E-state index contributed by atoms with van der Waals surface area (Å²) in [6.07, 6.45) is -2.02. The normalized spacial score (nSPS) is 13.9. The highest BCUT2D eigenvalue weighted by Gasteiger charge is 2.26. The van der Waals surface area contributed by atoms with Crippen LogP contribution < -0.4 is 5.73 Å². The Morgan fingerprint density at radius 2 is 2.27 bits per heavy atom. The molecule has 2 atom stereocenters. The molecule has 2 unspecified atom stereocenters. The maximum Gasteiger partial charge on any atom is 0.249 e. The maximum atomic E-state index is 10.6. The third-order valence-electron chi connectivity index (χ3n) is 1.83. The maximum absolute atomic E-state index is 10.6. The van der Waals surface area contributed by atoms with Gasteiger partial charge in [-0.2, -0.15) is 5.26 Å². The van der Waals surface area contributed by atoms with Crippen LogP contribution in [0.15, 0.2) is 18.3 Å². The Balaban J connectivity index is 3.06. The van der Waals surface area contributed by atoms with Gasteiger partial charge in [-0.3, -0.25) is 9.78 Å². The molecule has 0 fully saturated rings. The number of amides is 1. The molecule has 6 nitrogen and oxygen atoms in total. The summed E-state index contributed by atoms with van der Waals surface area (Å²) in [6, 6.07) is 4.71. The average molecular weight is 207 g/mol. The van der Waals surface area contributed by atoms with E-state index in [-0.39, 0.29) is 11.3 Å². The second-order valence-corrected chi connectivity index (χ2v) is 2.84. The van der Waals surface area contributed by atoms with E-state index in [1.165, 1.54) is 18.3 Å². The molecule has 0 aliphatic heterocycles. The van der Waals surface area contributed by atoms with E-state index in [0.29, 0.717) is 0 Å². The number of primary amides is 1. The Bertz CT molecular complexity index is 413. The van der Waals surface area contributed by atoms with Gasteiger partial charge in [-0.05, 0) is 12.1 Å². The minimum Gasteiger partial charge on any atom is -0.383 e. The Morgan fingerprint density at radius 1 is 1.60 bits per heavy atom. The lowest BCUT2D eigenvalue weighted by Crippen LogP contribution is -2.34. The van der Waals surface area contributed by atoms with E-state index in [4.69, 9.17) is 11.0 Å². The molecule has 0 bridgehead atoms. The predicted molar refractivity (Wildman–Crippen MR) is 49.1 cm³/mol. The number of nitriles is 1. The van der Waals surface area contributed by atoms with Crippen LogP contribution in [0.5, 0.6) is 0 Å². The molecule has 0 spiro atoms. The molecule has 1 aromatic rings. The molecule has 1 heterocycles. The fraction of sp³-hybridized carbons (Fsp3) is 0.222. The number of carbonyl (C=O) groups is 1. The quantitative estimate of drug-likeness (QED) is 0.577. The van der Waals surface area contributed by atoms with Crippen LogP contribution in [0.4, 0.5) is 0 Å². The molecule has 78 valence electrons. The largest absolute Gasteiger partial charge is 0.383 e. The summed E-state index contributed by atoms with van der Waals surface area (Å²) in [7, 11) is 0. The number of rotatable bonds is 3. The van der Waals surface area contributed by atoms with Crippen molar-refractivity contribution in [2.24, 2.45) is 5.73 Å². The summed E-state index contributed by atoms with van der Waals surface area (Å²) in [6.45, 7) is 0. The van der Waals surface area contributed by atoms with E-state index in [1.807, 2.05) is 0 Å². The summed E-state index contributed by atoms with van der Waals surface area (Å²) in [4.78, 5) is 14.3. The van der Waals surface area contributed by atoms with Gasteiger partial charge in [0.2, 0.25) is 5.91 Å². The Morgan fingerprint density at radius 3 is 2.80 bits per heavy atom. The molecule has 0 saturated heterocycles. The first kappa shape index (κ1) is 11.1. The minimum absolute atomic E-state index is 0.0636. The molecule has 0 radical (unpaired) electrons. The van der Waals surface area contributed by atoms with Crippen LogP contribution in [0.25, 0.3) is 0 Å². The van der Waals surface area contributed by atoms with Crippen molar-refractivity contribution in [3.8, 4) is 6.07 Å². The highest BCUT2D eigenvalue weighted by Crippen LogP contribution is 2.17. The van der Waals surface area contributed by atoms with E-state index in [9.17, 15) is 15.0 Å². The molecule has 0 aliphatic carbocycles. The molecule has 0 aliphatic rings. The van der Waals surface area contributed by atoms with Gasteiger partial charge in [-0.1, -0.05) is 0 Å². The van der Waals surface area contributed by atoms with Crippen molar-refractivity contribution in [1.29, 1.82) is 5.26 Å². The van der Waals surface area contributed by atoms with Crippen LogP contribution in [0.2, 0.25) is 0 Å². The van der Waals surface area contributed by atoms with Gasteiger partial charge in [0.15, 0.2) is 6.10 Å². The lowest BCUT2D eigenvalue weighted by molar-refractivity contribution is -0.132. The average Bonchev–Trinajstić information content (AvgIpc) is 2.26. The van der Waals surface area contributed by atoms with Crippen molar-refractivity contribution < 1.29 is 15.0 Å². The molecule has 4 N–H and O–H groups in total. The number of hydrogen-bond donors (Lipinski definition) is 3. The van der Waals surface area contributed by atoms with Crippen molar-refractivity contribution in [3.05, 3.63) is 29.6 Å². The van der Waals surface area contributed by atoms with Gasteiger partial charge < -0.3 is 15.9 Å². The zero-order valence-corrected chi connectivity index (χ0v) is 7.66. The molecule has 6 heteroatoms. The van der Waals surface area contributed by atoms with Gasteiger partial charge in [0.1, 0.15) is 12.2 Å². The van der Waals surface area contributed by atoms with Crippen LogP contribution in [0.3, 0.4) is 0 Å². The van der Waals surface area contributed by atoms with Gasteiger partial charge in [0, 0.05) is 6.20 Å². The van der Waals surface area contributed by atoms with Crippen molar-refractivity contribution in [3.63, 3.8) is 0 Å². The number of hydrogen-bond acceptors (Lipinski definition) is 5. The standard InChI is InChI=1S/C9H9N3O3/c10-4-5-2-1-3-12-6(5)7(13)8(14)9(11)15/h1-3,7-8,13-14H,(H2,11,15). The monoisotopic (exact) mass is 207 g/mol. The molecular weight excluding hydrogens is 198 g/mol. The van der Waals surface area contributed by atoms with Crippen molar-refractivity contribution in [2.45, 2.75) is 12.2 Å². The third kappa shape index (κ3) is 2.28. The van der Waals surface area contributed by atoms with Gasteiger partial charge >= 0.3 is 0 Å². The molecule has 1 aromatic heterocycles. The van der Waals surface area contributed by atoms with Gasteiger partial charge in [-0.15, -0.1) is 0 Å². The highest BCUT2D eigenvalue weighted by molar-refractivity contribution is 5.79. The van der Waals surface area contributed by atoms with E-state index in [1.54, 1.807) is 6.07 Å². The third-order valence-corrected chi connectivity index (χ3v) is 1.83. The number of aromatic nitrogens is 1. The van der Waals surface area contributed by atoms with Crippen LogP contribution in [-0.4, -0.2) is 27.2 Å². The first-order chi connectivity index (χ1) is 7.07. The topological polar surface area (TPSA) is 120 Å². The van der Waals surface area contributed by atoms with Crippen LogP contribution in [0, 0.1) is 11.3 Å². The summed E-state index contributed by atoms with van der Waals surface area (Å²) in [5.41, 5.74) is 4.83. The first-order valence-corrected chi connectivity index (χ1v) is 4.08. The molecule has 1 rings (SSSR count). The lowest BCUT2D eigenvalue weighted by Gasteiger charge is -2.14. The molecule has 0 saturated carbocycles. The molecule has 1 amide bonds. The predicted octanol–water partition coefficient (Wildman–Crippen LogP) is -1.17. The van der Waals surface area contributed by atoms with Gasteiger partial charge in [-0.25, -0.2) is 0 Å². The Hall–Kier alpha value is -1.97. The zero-order chi connectivity index (χ0) is 11.4. The van der Waals surface area contributed by atoms with Crippen molar-refractivity contribution >= 4 is 5.91 Å². The zero-order valence-electron chi connectivity index (χ0n) is 7.66. The Labute approximate surface area is 85.6 Å². The van der Waals surface area contributed by atoms with Crippen molar-refractivity contribution in [1.82, 2.24) is 4.98 Å². The molecule has 0 aromatic carbocycles. The van der Waals surface area contributed by atoms with Crippen LogP contribution >= 0.6 is 0 Å². The second kappa shape index (κ2) is 4.50. The van der Waals surface area contributed by atoms with Crippen LogP contribution in [-0.2, 0) is 4.79 Å². The number of aliphatic hydroxyl groups is 2. The van der Waals surface area contributed by atoms with Crippen molar-refractivity contribution in [2.75, 3.05) is 0 Å². The van der Waals surface area contributed by atoms with Crippen LogP contribution in [0.1, 0.15) is 17.4 Å². The highest BCUT2D eigenvalue weighted by atomic mass is 16.3. The lowest BCUT2D eigenvalue weighted by atomic mass is 10.1. The first-order valence-electron chi connectivity index (χ1n) is 4.08. The summed E-state index contributed by atoms with van der Waals surface area (Å²) >= 11 is 0. The van der Waals surface area contributed by atoms with E-state index >= 15 is 0 Å². The molecule has 15 heavy (non-hydrogen) atoms. The fourth-order valence-electron chi connectivity index (χ4n) is 1.05. The number of nitrogens with two attached hydrogens (primary N) is 1. The Kier molecular flexibility index (Phi) is 3.33. The number of aliphatic hydroxyl groups excluding tert-OH is 2. The number of pyridine rings is 1. The number of nitrogens with zero attached hydrogens (tertiary/aromatic N) is 2. The fourth-order valence-corrected chi connectivity index (χ4v) is 1.05. The van der Waals surface area contributed by atoms with E-state index in [0.717, 1.165) is 0 Å². The minimum atomic E-state index is -1.77. The molecular formula is C9H9N3O3. The SMILES string of the molecule is N#Cc1cccnc1C(O)C(O)C(N)=O. The smallest absolute Gasteiger partial charge is 0.249 e. The van der Waals surface area contributed by atoms with Gasteiger partial charge in [0.25, 0.3) is 0 Å². The summed E-state index contributed by atoms with van der Waals surface area (Å²) in [5.74, 6) is -1.07. The number of carbonyl (C=O) groups excluding carboxylic acids is 1. The summed E-state index contributed by atoms with van der Waals surface area (Å²) in [5, 5.41) is 27.4. The van der Waals surface area contributed by atoms with Gasteiger partial charge in [0.05, 0.1) is 11.3 Å². The van der Waals surface area contributed by atoms with E-state index in [2.05, 4.69) is 4.98 Å². The second-order valence-electron chi connectivity index (χ2n) is 2.84. The summed E-state index contributed by atoms with van der Waals surface area (Å²) < 4.78 is 0. The van der Waals surface area contributed by atoms with E-state index < -0.39 is 18.1 Å².